The van der Waals surface area contributed by atoms with E-state index in [4.69, 9.17) is 5.11 Å². The highest BCUT2D eigenvalue weighted by Gasteiger charge is 2.12. The van der Waals surface area contributed by atoms with E-state index in [2.05, 4.69) is 11.6 Å². The predicted molar refractivity (Wildman–Crippen MR) is 40.9 cm³/mol. The van der Waals surface area contributed by atoms with Crippen LogP contribution >= 0.6 is 0 Å². The summed E-state index contributed by atoms with van der Waals surface area (Å²) in [7, 11) is 0. The highest BCUT2D eigenvalue weighted by Crippen LogP contribution is 2.12. The maximum atomic E-state index is 12.8. The molecule has 0 aliphatic heterocycles. The minimum Gasteiger partial charge on any atom is -0.478 e. The van der Waals surface area contributed by atoms with Crippen LogP contribution in [0.3, 0.4) is 0 Å². The molecular formula is C8H6FNO2. The fourth-order valence-corrected chi connectivity index (χ4v) is 0.709. The molecule has 1 heterocycles. The van der Waals surface area contributed by atoms with E-state index in [0.717, 1.165) is 6.07 Å². The van der Waals surface area contributed by atoms with Crippen LogP contribution in [0.2, 0.25) is 0 Å². The monoisotopic (exact) mass is 167 g/mol. The molecule has 0 unspecified atom stereocenters. The average Bonchev–Trinajstić information content (AvgIpc) is 2.04. The van der Waals surface area contributed by atoms with Crippen molar-refractivity contribution in [3.8, 4) is 0 Å². The molecule has 1 rings (SSSR count). The molecule has 0 saturated carbocycles. The van der Waals surface area contributed by atoms with Gasteiger partial charge >= 0.3 is 5.97 Å². The number of hydrogen-bond donors (Lipinski definition) is 1. The third-order valence-electron chi connectivity index (χ3n) is 1.30. The highest BCUT2D eigenvalue weighted by molar-refractivity contribution is 6.13. The maximum Gasteiger partial charge on any atom is 0.337 e. The first-order valence-corrected chi connectivity index (χ1v) is 3.16. The number of aliphatic carboxylic acids is 1. The normalized spacial score (nSPS) is 9.42. The van der Waals surface area contributed by atoms with Gasteiger partial charge in [-0.2, -0.15) is 0 Å². The summed E-state index contributed by atoms with van der Waals surface area (Å²) in [5, 5.41) is 8.45. The summed E-state index contributed by atoms with van der Waals surface area (Å²) in [4.78, 5) is 13.9. The Hall–Kier alpha value is -1.71. The van der Waals surface area contributed by atoms with Crippen LogP contribution in [0.4, 0.5) is 4.39 Å². The van der Waals surface area contributed by atoms with E-state index < -0.39 is 11.8 Å². The SMILES string of the molecule is C=C(C(=O)O)c1ncccc1F. The van der Waals surface area contributed by atoms with Gasteiger partial charge < -0.3 is 5.11 Å². The summed E-state index contributed by atoms with van der Waals surface area (Å²) in [6.07, 6.45) is 1.31. The molecule has 0 fully saturated rings. The minimum atomic E-state index is -1.27. The molecule has 0 atom stereocenters. The van der Waals surface area contributed by atoms with Crippen molar-refractivity contribution in [2.75, 3.05) is 0 Å². The molecule has 0 spiro atoms. The van der Waals surface area contributed by atoms with Crippen molar-refractivity contribution in [1.82, 2.24) is 4.98 Å². The topological polar surface area (TPSA) is 50.2 Å². The first-order chi connectivity index (χ1) is 5.63. The molecule has 1 aromatic rings. The van der Waals surface area contributed by atoms with E-state index in [0.29, 0.717) is 0 Å². The van der Waals surface area contributed by atoms with Crippen LogP contribution in [0.15, 0.2) is 24.9 Å². The maximum absolute atomic E-state index is 12.8. The van der Waals surface area contributed by atoms with Crippen LogP contribution in [-0.2, 0) is 4.79 Å². The summed E-state index contributed by atoms with van der Waals surface area (Å²) in [5.41, 5.74) is -0.557. The standard InChI is InChI=1S/C8H6FNO2/c1-5(8(11)12)7-6(9)3-2-4-10-7/h2-4H,1H2,(H,11,12). The number of carbonyl (C=O) groups is 1. The lowest BCUT2D eigenvalue weighted by Crippen LogP contribution is -2.02. The number of pyridine rings is 1. The smallest absolute Gasteiger partial charge is 0.337 e. The number of halogens is 1. The first kappa shape index (κ1) is 8.39. The number of aromatic nitrogens is 1. The van der Waals surface area contributed by atoms with Crippen LogP contribution in [0.25, 0.3) is 5.57 Å². The molecule has 0 radical (unpaired) electrons. The average molecular weight is 167 g/mol. The summed E-state index contributed by atoms with van der Waals surface area (Å²) in [6, 6.07) is 2.52. The molecule has 1 N–H and O–H groups in total. The zero-order chi connectivity index (χ0) is 9.14. The molecule has 0 amide bonds. The van der Waals surface area contributed by atoms with Crippen molar-refractivity contribution in [3.05, 3.63) is 36.4 Å². The van der Waals surface area contributed by atoms with Crippen molar-refractivity contribution in [2.24, 2.45) is 0 Å². The molecule has 1 aromatic heterocycles. The Kier molecular flexibility index (Phi) is 2.19. The molecular weight excluding hydrogens is 161 g/mol. The zero-order valence-corrected chi connectivity index (χ0v) is 6.12. The molecule has 0 aromatic carbocycles. The molecule has 3 nitrogen and oxygen atoms in total. The molecule has 0 aliphatic carbocycles. The van der Waals surface area contributed by atoms with Gasteiger partial charge in [-0.15, -0.1) is 0 Å². The third kappa shape index (κ3) is 1.47. The lowest BCUT2D eigenvalue weighted by atomic mass is 10.2. The molecule has 62 valence electrons. The summed E-state index contributed by atoms with van der Waals surface area (Å²) < 4.78 is 12.8. The van der Waals surface area contributed by atoms with Crippen LogP contribution in [-0.4, -0.2) is 16.1 Å². The molecule has 0 saturated heterocycles. The van der Waals surface area contributed by atoms with Gasteiger partial charge in [0.05, 0.1) is 5.57 Å². The zero-order valence-electron chi connectivity index (χ0n) is 6.12. The number of rotatable bonds is 2. The van der Waals surface area contributed by atoms with E-state index in [9.17, 15) is 9.18 Å². The highest BCUT2D eigenvalue weighted by atomic mass is 19.1. The second-order valence-corrected chi connectivity index (χ2v) is 2.12. The van der Waals surface area contributed by atoms with Crippen molar-refractivity contribution in [2.45, 2.75) is 0 Å². The van der Waals surface area contributed by atoms with Gasteiger partial charge in [-0.3, -0.25) is 4.98 Å². The predicted octanol–water partition coefficient (Wildman–Crippen LogP) is 1.32. The fraction of sp³-hybridized carbons (Fsp3) is 0. The number of nitrogens with zero attached hydrogens (tertiary/aromatic N) is 1. The Bertz CT molecular complexity index is 336. The Morgan fingerprint density at radius 1 is 1.67 bits per heavy atom. The van der Waals surface area contributed by atoms with E-state index in [1.165, 1.54) is 12.3 Å². The summed E-state index contributed by atoms with van der Waals surface area (Å²) >= 11 is 0. The van der Waals surface area contributed by atoms with E-state index in [1.807, 2.05) is 0 Å². The van der Waals surface area contributed by atoms with Gasteiger partial charge in [0, 0.05) is 6.20 Å². The minimum absolute atomic E-state index is 0.218. The Morgan fingerprint density at radius 2 is 2.33 bits per heavy atom. The van der Waals surface area contributed by atoms with Crippen molar-refractivity contribution < 1.29 is 14.3 Å². The Labute approximate surface area is 68.2 Å². The van der Waals surface area contributed by atoms with Gasteiger partial charge in [0.2, 0.25) is 0 Å². The largest absolute Gasteiger partial charge is 0.478 e. The molecule has 0 bridgehead atoms. The lowest BCUT2D eigenvalue weighted by Gasteiger charge is -1.99. The first-order valence-electron chi connectivity index (χ1n) is 3.16. The Morgan fingerprint density at radius 3 is 2.83 bits per heavy atom. The summed E-state index contributed by atoms with van der Waals surface area (Å²) in [5.74, 6) is -1.95. The van der Waals surface area contributed by atoms with Crippen molar-refractivity contribution >= 4 is 11.5 Å². The van der Waals surface area contributed by atoms with Gasteiger partial charge in [-0.1, -0.05) is 6.58 Å². The number of carboxylic acid groups (broad SMARTS) is 1. The second-order valence-electron chi connectivity index (χ2n) is 2.12. The van der Waals surface area contributed by atoms with Crippen LogP contribution in [0.5, 0.6) is 0 Å². The van der Waals surface area contributed by atoms with Gasteiger partial charge in [-0.05, 0) is 12.1 Å². The molecule has 4 heteroatoms. The summed E-state index contributed by atoms with van der Waals surface area (Å²) in [6.45, 7) is 3.18. The number of carboxylic acids is 1. The third-order valence-corrected chi connectivity index (χ3v) is 1.30. The van der Waals surface area contributed by atoms with Crippen molar-refractivity contribution in [3.63, 3.8) is 0 Å². The van der Waals surface area contributed by atoms with Gasteiger partial charge in [-0.25, -0.2) is 9.18 Å². The quantitative estimate of drug-likeness (QED) is 0.676. The molecule has 0 aliphatic rings. The second kappa shape index (κ2) is 3.13. The van der Waals surface area contributed by atoms with Gasteiger partial charge in [0.25, 0.3) is 0 Å². The van der Waals surface area contributed by atoms with Gasteiger partial charge in [0.1, 0.15) is 11.5 Å². The lowest BCUT2D eigenvalue weighted by molar-refractivity contribution is -0.130. The number of hydrogen-bond acceptors (Lipinski definition) is 2. The van der Waals surface area contributed by atoms with Gasteiger partial charge in [0.15, 0.2) is 0 Å². The van der Waals surface area contributed by atoms with Crippen LogP contribution < -0.4 is 0 Å². The molecule has 12 heavy (non-hydrogen) atoms. The Balaban J connectivity index is 3.11. The van der Waals surface area contributed by atoms with Crippen LogP contribution in [0, 0.1) is 5.82 Å². The fourth-order valence-electron chi connectivity index (χ4n) is 0.709. The van der Waals surface area contributed by atoms with E-state index in [-0.39, 0.29) is 11.3 Å². The van der Waals surface area contributed by atoms with E-state index >= 15 is 0 Å². The van der Waals surface area contributed by atoms with E-state index in [1.54, 1.807) is 0 Å². The van der Waals surface area contributed by atoms with Crippen LogP contribution in [0.1, 0.15) is 5.69 Å². The van der Waals surface area contributed by atoms with Crippen molar-refractivity contribution in [1.29, 1.82) is 0 Å².